The fourth-order valence-corrected chi connectivity index (χ4v) is 4.48. The fraction of sp³-hybridized carbons (Fsp3) is 0.348. The molecule has 31 heavy (non-hydrogen) atoms. The molecule has 1 amide bonds. The number of hydrogen-bond acceptors (Lipinski definition) is 6. The lowest BCUT2D eigenvalue weighted by Crippen LogP contribution is -2.23. The minimum atomic E-state index is -0.421. The van der Waals surface area contributed by atoms with Crippen LogP contribution in [0, 0.1) is 13.8 Å². The number of aromatic nitrogens is 1. The highest BCUT2D eigenvalue weighted by molar-refractivity contribution is 7.16. The van der Waals surface area contributed by atoms with Crippen molar-refractivity contribution in [1.82, 2.24) is 4.57 Å². The summed E-state index contributed by atoms with van der Waals surface area (Å²) < 4.78 is 18.5. The van der Waals surface area contributed by atoms with Gasteiger partial charge in [0.2, 0.25) is 0 Å². The number of thiazole rings is 1. The summed E-state index contributed by atoms with van der Waals surface area (Å²) in [6.45, 7) is 5.88. The van der Waals surface area contributed by atoms with Gasteiger partial charge in [0.15, 0.2) is 4.80 Å². The lowest BCUT2D eigenvalue weighted by atomic mass is 10.0. The number of aryl methyl sites for hydroxylation is 2. The second-order valence-electron chi connectivity index (χ2n) is 7.04. The van der Waals surface area contributed by atoms with Crippen molar-refractivity contribution in [3.05, 3.63) is 51.8 Å². The van der Waals surface area contributed by atoms with E-state index in [-0.39, 0.29) is 25.5 Å². The van der Waals surface area contributed by atoms with Gasteiger partial charge in [-0.2, -0.15) is 4.99 Å². The van der Waals surface area contributed by atoms with Crippen LogP contribution in [0.1, 0.15) is 23.6 Å². The molecule has 0 N–H and O–H groups in total. The lowest BCUT2D eigenvalue weighted by Gasteiger charge is -2.10. The molecule has 0 aliphatic rings. The van der Waals surface area contributed by atoms with Gasteiger partial charge >= 0.3 is 5.97 Å². The molecule has 0 unspecified atom stereocenters. The summed E-state index contributed by atoms with van der Waals surface area (Å²) in [5.41, 5.74) is 3.69. The second kappa shape index (κ2) is 9.78. The Morgan fingerprint density at radius 3 is 2.45 bits per heavy atom. The number of rotatable bonds is 7. The van der Waals surface area contributed by atoms with E-state index in [1.165, 1.54) is 11.3 Å². The molecule has 0 bridgehead atoms. The number of esters is 1. The fourth-order valence-electron chi connectivity index (χ4n) is 3.32. The number of nitrogens with zero attached hydrogens (tertiary/aromatic N) is 2. The molecule has 0 fully saturated rings. The van der Waals surface area contributed by atoms with Gasteiger partial charge in [-0.1, -0.05) is 35.1 Å². The SMILES string of the molecule is CCOC(=O)Cn1c(=NC(=O)Cc2cc(C)ccc2C)sc2c(OC)ccc(OC)c21. The highest BCUT2D eigenvalue weighted by Gasteiger charge is 2.19. The van der Waals surface area contributed by atoms with Crippen molar-refractivity contribution in [1.29, 1.82) is 0 Å². The molecule has 164 valence electrons. The van der Waals surface area contributed by atoms with Crippen molar-refractivity contribution in [2.24, 2.45) is 4.99 Å². The van der Waals surface area contributed by atoms with Crippen LogP contribution in [0.3, 0.4) is 0 Å². The van der Waals surface area contributed by atoms with E-state index in [4.69, 9.17) is 14.2 Å². The Kier molecular flexibility index (Phi) is 7.12. The minimum absolute atomic E-state index is 0.0903. The van der Waals surface area contributed by atoms with Crippen molar-refractivity contribution < 1.29 is 23.8 Å². The largest absolute Gasteiger partial charge is 0.495 e. The van der Waals surface area contributed by atoms with Gasteiger partial charge in [-0.25, -0.2) is 0 Å². The standard InChI is InChI=1S/C23H26N2O5S/c1-6-30-20(27)13-25-21-17(28-4)9-10-18(29-5)22(21)31-23(25)24-19(26)12-16-11-14(2)7-8-15(16)3/h7-11H,6,12-13H2,1-5H3. The van der Waals surface area contributed by atoms with Crippen LogP contribution in [0.25, 0.3) is 10.2 Å². The average molecular weight is 443 g/mol. The van der Waals surface area contributed by atoms with Crippen LogP contribution in [-0.2, 0) is 27.3 Å². The molecule has 1 aromatic heterocycles. The van der Waals surface area contributed by atoms with Crippen LogP contribution < -0.4 is 14.3 Å². The van der Waals surface area contributed by atoms with Crippen molar-refractivity contribution in [2.45, 2.75) is 33.7 Å². The van der Waals surface area contributed by atoms with Crippen molar-refractivity contribution in [3.63, 3.8) is 0 Å². The van der Waals surface area contributed by atoms with E-state index in [0.717, 1.165) is 21.4 Å². The zero-order chi connectivity index (χ0) is 22.5. The number of amides is 1. The molecule has 0 atom stereocenters. The van der Waals surface area contributed by atoms with Gasteiger partial charge in [0.25, 0.3) is 5.91 Å². The van der Waals surface area contributed by atoms with E-state index in [0.29, 0.717) is 21.8 Å². The number of ether oxygens (including phenoxy) is 3. The monoisotopic (exact) mass is 442 g/mol. The zero-order valence-electron chi connectivity index (χ0n) is 18.4. The molecular formula is C23H26N2O5S. The Bertz CT molecular complexity index is 1190. The van der Waals surface area contributed by atoms with Crippen LogP contribution in [-0.4, -0.2) is 37.3 Å². The first-order chi connectivity index (χ1) is 14.9. The summed E-state index contributed by atoms with van der Waals surface area (Å²) in [5, 5.41) is 0. The summed E-state index contributed by atoms with van der Waals surface area (Å²) >= 11 is 1.27. The molecule has 7 nitrogen and oxygen atoms in total. The number of carbonyl (C=O) groups excluding carboxylic acids is 2. The molecular weight excluding hydrogens is 416 g/mol. The van der Waals surface area contributed by atoms with E-state index in [1.54, 1.807) is 37.8 Å². The van der Waals surface area contributed by atoms with Crippen molar-refractivity contribution in [2.75, 3.05) is 20.8 Å². The Morgan fingerprint density at radius 2 is 1.77 bits per heavy atom. The quantitative estimate of drug-likeness (QED) is 0.523. The average Bonchev–Trinajstić information content (AvgIpc) is 3.08. The van der Waals surface area contributed by atoms with E-state index >= 15 is 0 Å². The predicted molar refractivity (Wildman–Crippen MR) is 120 cm³/mol. The third kappa shape index (κ3) is 4.96. The Morgan fingerprint density at radius 1 is 1.06 bits per heavy atom. The van der Waals surface area contributed by atoms with Gasteiger partial charge in [0, 0.05) is 0 Å². The van der Waals surface area contributed by atoms with Crippen LogP contribution >= 0.6 is 11.3 Å². The number of fused-ring (bicyclic) bond motifs is 1. The van der Waals surface area contributed by atoms with Crippen LogP contribution in [0.2, 0.25) is 0 Å². The summed E-state index contributed by atoms with van der Waals surface area (Å²) in [6.07, 6.45) is 0.176. The molecule has 0 spiro atoms. The second-order valence-corrected chi connectivity index (χ2v) is 8.01. The highest BCUT2D eigenvalue weighted by Crippen LogP contribution is 2.35. The highest BCUT2D eigenvalue weighted by atomic mass is 32.1. The predicted octanol–water partition coefficient (Wildman–Crippen LogP) is 3.57. The molecule has 0 aliphatic heterocycles. The maximum Gasteiger partial charge on any atom is 0.326 e. The third-order valence-electron chi connectivity index (χ3n) is 4.85. The maximum absolute atomic E-state index is 12.8. The molecule has 1 heterocycles. The van der Waals surface area contributed by atoms with Gasteiger partial charge in [-0.3, -0.25) is 9.59 Å². The topological polar surface area (TPSA) is 79.1 Å². The lowest BCUT2D eigenvalue weighted by molar-refractivity contribution is -0.143. The molecule has 0 saturated carbocycles. The number of carbonyl (C=O) groups is 2. The Balaban J connectivity index is 2.14. The van der Waals surface area contributed by atoms with E-state index in [2.05, 4.69) is 4.99 Å². The number of hydrogen-bond donors (Lipinski definition) is 0. The molecule has 8 heteroatoms. The molecule has 3 rings (SSSR count). The third-order valence-corrected chi connectivity index (χ3v) is 5.94. The van der Waals surface area contributed by atoms with Crippen LogP contribution in [0.15, 0.2) is 35.3 Å². The minimum Gasteiger partial charge on any atom is -0.495 e. The van der Waals surface area contributed by atoms with Gasteiger partial charge in [-0.05, 0) is 44.0 Å². The molecule has 2 aromatic carbocycles. The summed E-state index contributed by atoms with van der Waals surface area (Å²) in [5.74, 6) is 0.452. The smallest absolute Gasteiger partial charge is 0.326 e. The normalized spacial score (nSPS) is 11.6. The first-order valence-corrected chi connectivity index (χ1v) is 10.7. The van der Waals surface area contributed by atoms with Gasteiger partial charge in [0.05, 0.1) is 27.2 Å². The van der Waals surface area contributed by atoms with E-state index < -0.39 is 5.97 Å². The summed E-state index contributed by atoms with van der Waals surface area (Å²) in [4.78, 5) is 29.9. The Labute approximate surface area is 184 Å². The van der Waals surface area contributed by atoms with Gasteiger partial charge in [-0.15, -0.1) is 0 Å². The molecule has 0 saturated heterocycles. The van der Waals surface area contributed by atoms with Crippen LogP contribution in [0.4, 0.5) is 0 Å². The zero-order valence-corrected chi connectivity index (χ0v) is 19.2. The maximum atomic E-state index is 12.8. The first kappa shape index (κ1) is 22.6. The number of benzene rings is 2. The van der Waals surface area contributed by atoms with Crippen molar-refractivity contribution >= 4 is 33.4 Å². The molecule has 3 aromatic rings. The molecule has 0 aliphatic carbocycles. The van der Waals surface area contributed by atoms with Gasteiger partial charge in [0.1, 0.15) is 28.3 Å². The summed E-state index contributed by atoms with van der Waals surface area (Å²) in [6, 6.07) is 9.55. The van der Waals surface area contributed by atoms with Gasteiger partial charge < -0.3 is 18.8 Å². The number of methoxy groups -OCH3 is 2. The van der Waals surface area contributed by atoms with E-state index in [1.807, 2.05) is 32.0 Å². The first-order valence-electron chi connectivity index (χ1n) is 9.91. The van der Waals surface area contributed by atoms with Crippen LogP contribution in [0.5, 0.6) is 11.5 Å². The molecule has 0 radical (unpaired) electrons. The summed E-state index contributed by atoms with van der Waals surface area (Å²) in [7, 11) is 3.12. The van der Waals surface area contributed by atoms with E-state index in [9.17, 15) is 9.59 Å². The van der Waals surface area contributed by atoms with Crippen molar-refractivity contribution in [3.8, 4) is 11.5 Å². The Hall–Kier alpha value is -3.13.